The van der Waals surface area contributed by atoms with Gasteiger partial charge in [0.1, 0.15) is 0 Å². The van der Waals surface area contributed by atoms with Gasteiger partial charge in [-0.15, -0.1) is 0 Å². The number of H-pyrrole nitrogens is 1. The van der Waals surface area contributed by atoms with E-state index in [1.54, 1.807) is 0 Å². The van der Waals surface area contributed by atoms with Crippen LogP contribution in [0.25, 0.3) is 0 Å². The van der Waals surface area contributed by atoms with Crippen LogP contribution in [-0.4, -0.2) is 67.8 Å². The summed E-state index contributed by atoms with van der Waals surface area (Å²) in [5, 5.41) is 0. The van der Waals surface area contributed by atoms with Crippen molar-refractivity contribution in [3.05, 3.63) is 16.7 Å². The molecule has 0 amide bonds. The number of methoxy groups -OCH3 is 2. The fraction of sp³-hybridized carbons (Fsp3) is 0.615. The van der Waals surface area contributed by atoms with Crippen LogP contribution in [-0.2, 0) is 9.53 Å². The van der Waals surface area contributed by atoms with Crippen LogP contribution < -0.4 is 15.2 Å². The second-order valence-corrected chi connectivity index (χ2v) is 4.74. The number of nitrogens with zero attached hydrogens (tertiary/aromatic N) is 3. The normalized spacial score (nSPS) is 15.8. The lowest BCUT2D eigenvalue weighted by Gasteiger charge is -2.35. The standard InChI is InChI=1S/C13H20N4O4/c1-20-10(18)3-4-16-5-7-17(8-6-16)12-11(21-2)13(19)15-9-14-12/h9H,3-8H2,1-2H3,(H,14,15,19). The van der Waals surface area contributed by atoms with Crippen LogP contribution in [0, 0.1) is 0 Å². The molecule has 2 rings (SSSR count). The fourth-order valence-corrected chi connectivity index (χ4v) is 2.32. The van der Waals surface area contributed by atoms with Gasteiger partial charge in [-0.05, 0) is 0 Å². The minimum absolute atomic E-state index is 0.199. The molecule has 21 heavy (non-hydrogen) atoms. The Kier molecular flexibility index (Phi) is 5.15. The molecule has 1 aliphatic rings. The maximum atomic E-state index is 11.7. The Balaban J connectivity index is 1.94. The first-order chi connectivity index (χ1) is 10.2. The monoisotopic (exact) mass is 296 g/mol. The van der Waals surface area contributed by atoms with Crippen LogP contribution in [0.2, 0.25) is 0 Å². The summed E-state index contributed by atoms with van der Waals surface area (Å²) in [6.07, 6.45) is 1.77. The predicted octanol–water partition coefficient (Wildman–Crippen LogP) is -0.536. The van der Waals surface area contributed by atoms with Crippen molar-refractivity contribution in [3.63, 3.8) is 0 Å². The number of piperazine rings is 1. The summed E-state index contributed by atoms with van der Waals surface area (Å²) in [6.45, 7) is 3.74. The Morgan fingerprint density at radius 3 is 2.67 bits per heavy atom. The Labute approximate surface area is 122 Å². The van der Waals surface area contributed by atoms with Crippen molar-refractivity contribution in [2.45, 2.75) is 6.42 Å². The van der Waals surface area contributed by atoms with Crippen molar-refractivity contribution < 1.29 is 14.3 Å². The molecule has 1 saturated heterocycles. The van der Waals surface area contributed by atoms with Gasteiger partial charge in [0, 0.05) is 32.7 Å². The quantitative estimate of drug-likeness (QED) is 0.730. The minimum atomic E-state index is -0.282. The first-order valence-corrected chi connectivity index (χ1v) is 6.81. The minimum Gasteiger partial charge on any atom is -0.489 e. The van der Waals surface area contributed by atoms with Gasteiger partial charge in [0.2, 0.25) is 5.75 Å². The smallest absolute Gasteiger partial charge is 0.306 e. The molecule has 1 fully saturated rings. The third-order valence-corrected chi connectivity index (χ3v) is 3.53. The molecule has 1 N–H and O–H groups in total. The van der Waals surface area contributed by atoms with Gasteiger partial charge in [-0.25, -0.2) is 4.98 Å². The zero-order valence-electron chi connectivity index (χ0n) is 12.3. The summed E-state index contributed by atoms with van der Waals surface area (Å²) < 4.78 is 9.76. The summed E-state index contributed by atoms with van der Waals surface area (Å²) in [5.41, 5.74) is -0.282. The molecule has 0 saturated carbocycles. The summed E-state index contributed by atoms with van der Waals surface area (Å²) >= 11 is 0. The summed E-state index contributed by atoms with van der Waals surface area (Å²) in [7, 11) is 2.85. The number of rotatable bonds is 5. The maximum absolute atomic E-state index is 11.7. The van der Waals surface area contributed by atoms with E-state index in [1.807, 2.05) is 4.90 Å². The van der Waals surface area contributed by atoms with Gasteiger partial charge < -0.3 is 19.4 Å². The Morgan fingerprint density at radius 1 is 1.33 bits per heavy atom. The zero-order valence-corrected chi connectivity index (χ0v) is 12.3. The van der Waals surface area contributed by atoms with Crippen LogP contribution in [0.1, 0.15) is 6.42 Å². The van der Waals surface area contributed by atoms with Crippen LogP contribution in [0.15, 0.2) is 11.1 Å². The molecule has 2 heterocycles. The molecule has 8 heteroatoms. The van der Waals surface area contributed by atoms with Gasteiger partial charge >= 0.3 is 5.97 Å². The molecular weight excluding hydrogens is 276 g/mol. The Morgan fingerprint density at radius 2 is 2.05 bits per heavy atom. The largest absolute Gasteiger partial charge is 0.489 e. The van der Waals surface area contributed by atoms with E-state index in [4.69, 9.17) is 4.74 Å². The van der Waals surface area contributed by atoms with E-state index in [1.165, 1.54) is 20.5 Å². The second-order valence-electron chi connectivity index (χ2n) is 4.74. The van der Waals surface area contributed by atoms with Crippen molar-refractivity contribution in [2.24, 2.45) is 0 Å². The van der Waals surface area contributed by atoms with Crippen molar-refractivity contribution >= 4 is 11.8 Å². The number of aromatic nitrogens is 2. The average Bonchev–Trinajstić information content (AvgIpc) is 2.52. The number of carbonyl (C=O) groups is 1. The number of ether oxygens (including phenoxy) is 2. The van der Waals surface area contributed by atoms with Crippen molar-refractivity contribution in [1.82, 2.24) is 14.9 Å². The predicted molar refractivity (Wildman–Crippen MR) is 76.7 cm³/mol. The van der Waals surface area contributed by atoms with Gasteiger partial charge in [-0.1, -0.05) is 0 Å². The van der Waals surface area contributed by atoms with E-state index in [0.29, 0.717) is 18.8 Å². The van der Waals surface area contributed by atoms with Gasteiger partial charge in [-0.2, -0.15) is 0 Å². The summed E-state index contributed by atoms with van der Waals surface area (Å²) in [4.78, 5) is 33.7. The van der Waals surface area contributed by atoms with Crippen molar-refractivity contribution in [3.8, 4) is 5.75 Å². The third-order valence-electron chi connectivity index (χ3n) is 3.53. The molecule has 0 atom stereocenters. The van der Waals surface area contributed by atoms with Gasteiger partial charge in [0.05, 0.1) is 27.0 Å². The number of carbonyl (C=O) groups excluding carboxylic acids is 1. The molecule has 0 bridgehead atoms. The molecule has 1 aliphatic heterocycles. The molecule has 0 unspecified atom stereocenters. The maximum Gasteiger partial charge on any atom is 0.306 e. The molecule has 0 radical (unpaired) electrons. The lowest BCUT2D eigenvalue weighted by Crippen LogP contribution is -2.47. The number of hydrogen-bond donors (Lipinski definition) is 1. The fourth-order valence-electron chi connectivity index (χ4n) is 2.32. The first kappa shape index (κ1) is 15.3. The second kappa shape index (κ2) is 7.07. The average molecular weight is 296 g/mol. The van der Waals surface area contributed by atoms with E-state index in [-0.39, 0.29) is 17.3 Å². The highest BCUT2D eigenvalue weighted by molar-refractivity contribution is 5.69. The van der Waals surface area contributed by atoms with Crippen LogP contribution >= 0.6 is 0 Å². The lowest BCUT2D eigenvalue weighted by atomic mass is 10.3. The molecule has 1 aromatic rings. The van der Waals surface area contributed by atoms with E-state index >= 15 is 0 Å². The molecule has 0 aromatic carbocycles. The summed E-state index contributed by atoms with van der Waals surface area (Å²) in [6, 6.07) is 0. The van der Waals surface area contributed by atoms with E-state index in [0.717, 1.165) is 26.2 Å². The number of esters is 1. The van der Waals surface area contributed by atoms with Crippen molar-refractivity contribution in [2.75, 3.05) is 51.8 Å². The van der Waals surface area contributed by atoms with E-state index in [2.05, 4.69) is 19.6 Å². The highest BCUT2D eigenvalue weighted by Gasteiger charge is 2.22. The number of aromatic amines is 1. The highest BCUT2D eigenvalue weighted by Crippen LogP contribution is 2.21. The topological polar surface area (TPSA) is 87.8 Å². The molecular formula is C13H20N4O4. The Hall–Kier alpha value is -2.09. The Bertz CT molecular complexity index is 537. The van der Waals surface area contributed by atoms with Crippen molar-refractivity contribution in [1.29, 1.82) is 0 Å². The molecule has 0 spiro atoms. The molecule has 116 valence electrons. The molecule has 0 aliphatic carbocycles. The first-order valence-electron chi connectivity index (χ1n) is 6.81. The van der Waals surface area contributed by atoms with Gasteiger partial charge in [0.25, 0.3) is 5.56 Å². The summed E-state index contributed by atoms with van der Waals surface area (Å²) in [5.74, 6) is 0.602. The number of nitrogens with one attached hydrogen (secondary N) is 1. The highest BCUT2D eigenvalue weighted by atomic mass is 16.5. The molecule has 8 nitrogen and oxygen atoms in total. The van der Waals surface area contributed by atoms with Gasteiger partial charge in [0.15, 0.2) is 5.82 Å². The SMILES string of the molecule is COC(=O)CCN1CCN(c2nc[nH]c(=O)c2OC)CC1. The van der Waals surface area contributed by atoms with E-state index < -0.39 is 0 Å². The third kappa shape index (κ3) is 3.72. The van der Waals surface area contributed by atoms with E-state index in [9.17, 15) is 9.59 Å². The van der Waals surface area contributed by atoms with Crippen LogP contribution in [0.4, 0.5) is 5.82 Å². The molecule has 1 aromatic heterocycles. The van der Waals surface area contributed by atoms with Gasteiger partial charge in [-0.3, -0.25) is 14.5 Å². The lowest BCUT2D eigenvalue weighted by molar-refractivity contribution is -0.141. The number of anilines is 1. The zero-order chi connectivity index (χ0) is 15.2. The number of hydrogen-bond acceptors (Lipinski definition) is 7. The van der Waals surface area contributed by atoms with Crippen LogP contribution in [0.3, 0.4) is 0 Å². The van der Waals surface area contributed by atoms with Crippen LogP contribution in [0.5, 0.6) is 5.75 Å².